The van der Waals surface area contributed by atoms with Crippen LogP contribution in [0, 0.1) is 0 Å². The van der Waals surface area contributed by atoms with E-state index in [4.69, 9.17) is 0 Å². The van der Waals surface area contributed by atoms with Crippen LogP contribution in [0.25, 0.3) is 0 Å². The number of imide groups is 1. The smallest absolute Gasteiger partial charge is 0.269 e. The molecule has 0 unspecified atom stereocenters. The second-order valence-electron chi connectivity index (χ2n) is 3.82. The summed E-state index contributed by atoms with van der Waals surface area (Å²) in [5, 5.41) is 0. The van der Waals surface area contributed by atoms with Gasteiger partial charge < -0.3 is 0 Å². The summed E-state index contributed by atoms with van der Waals surface area (Å²) in [5.74, 6) is -1.48. The maximum atomic E-state index is 12.8. The summed E-state index contributed by atoms with van der Waals surface area (Å²) in [5.41, 5.74) is -1.32. The van der Waals surface area contributed by atoms with Gasteiger partial charge in [0.05, 0.1) is 11.3 Å². The molecule has 1 aliphatic heterocycles. The van der Waals surface area contributed by atoms with Crippen LogP contribution in [-0.4, -0.2) is 11.8 Å². The predicted molar refractivity (Wildman–Crippen MR) is 57.7 cm³/mol. The predicted octanol–water partition coefficient (Wildman–Crippen LogP) is 2.52. The molecule has 3 nitrogen and oxygen atoms in total. The second-order valence-corrected chi connectivity index (χ2v) is 3.82. The van der Waals surface area contributed by atoms with Gasteiger partial charge in [-0.1, -0.05) is 12.1 Å². The highest BCUT2D eigenvalue weighted by atomic mass is 19.4. The van der Waals surface area contributed by atoms with E-state index in [1.165, 1.54) is 19.1 Å². The maximum Gasteiger partial charge on any atom is 0.418 e. The van der Waals surface area contributed by atoms with E-state index in [1.807, 2.05) is 0 Å². The Morgan fingerprint density at radius 2 is 1.72 bits per heavy atom. The van der Waals surface area contributed by atoms with Crippen molar-refractivity contribution >= 4 is 17.5 Å². The van der Waals surface area contributed by atoms with Gasteiger partial charge in [-0.3, -0.25) is 9.59 Å². The van der Waals surface area contributed by atoms with Crippen LogP contribution in [0.1, 0.15) is 12.5 Å². The van der Waals surface area contributed by atoms with Crippen LogP contribution in [0.15, 0.2) is 35.9 Å². The Morgan fingerprint density at radius 3 is 2.22 bits per heavy atom. The lowest BCUT2D eigenvalue weighted by molar-refractivity contribution is -0.137. The maximum absolute atomic E-state index is 12.8. The number of benzene rings is 1. The van der Waals surface area contributed by atoms with Crippen LogP contribution in [0.3, 0.4) is 0 Å². The molecule has 1 aromatic carbocycles. The van der Waals surface area contributed by atoms with Crippen molar-refractivity contribution in [1.82, 2.24) is 0 Å². The first-order valence-electron chi connectivity index (χ1n) is 5.05. The fraction of sp³-hybridized carbons (Fsp3) is 0.167. The zero-order chi connectivity index (χ0) is 13.5. The van der Waals surface area contributed by atoms with Crippen molar-refractivity contribution in [2.24, 2.45) is 0 Å². The molecule has 0 saturated carbocycles. The van der Waals surface area contributed by atoms with E-state index in [9.17, 15) is 22.8 Å². The molecule has 18 heavy (non-hydrogen) atoms. The Hall–Kier alpha value is -2.11. The van der Waals surface area contributed by atoms with Crippen molar-refractivity contribution in [2.75, 3.05) is 4.90 Å². The molecule has 0 N–H and O–H groups in total. The van der Waals surface area contributed by atoms with Gasteiger partial charge in [-0.2, -0.15) is 13.2 Å². The highest BCUT2D eigenvalue weighted by molar-refractivity contribution is 6.30. The zero-order valence-electron chi connectivity index (χ0n) is 9.28. The minimum Gasteiger partial charge on any atom is -0.269 e. The third kappa shape index (κ3) is 1.90. The molecule has 94 valence electrons. The third-order valence-electron chi connectivity index (χ3n) is 2.55. The lowest BCUT2D eigenvalue weighted by atomic mass is 10.1. The van der Waals surface area contributed by atoms with Gasteiger partial charge in [0.25, 0.3) is 11.8 Å². The molecule has 0 aromatic heterocycles. The number of carbonyl (C=O) groups is 2. The fourth-order valence-electron chi connectivity index (χ4n) is 1.72. The molecule has 1 aromatic rings. The highest BCUT2D eigenvalue weighted by Gasteiger charge is 2.39. The number of hydrogen-bond acceptors (Lipinski definition) is 2. The second kappa shape index (κ2) is 3.97. The van der Waals surface area contributed by atoms with Gasteiger partial charge in [0.2, 0.25) is 0 Å². The van der Waals surface area contributed by atoms with Gasteiger partial charge in [-0.25, -0.2) is 4.90 Å². The minimum atomic E-state index is -4.62. The standard InChI is InChI=1S/C12H8F3NO2/c1-7-6-10(17)16(11(7)18)9-5-3-2-4-8(9)12(13,14)15/h2-6H,1H3. The average molecular weight is 255 g/mol. The number of nitrogens with zero attached hydrogens (tertiary/aromatic N) is 1. The van der Waals surface area contributed by atoms with E-state index < -0.39 is 29.2 Å². The van der Waals surface area contributed by atoms with Crippen LogP contribution in [0.2, 0.25) is 0 Å². The van der Waals surface area contributed by atoms with Crippen LogP contribution in [0.4, 0.5) is 18.9 Å². The molecule has 6 heteroatoms. The van der Waals surface area contributed by atoms with E-state index in [0.717, 1.165) is 18.2 Å². The third-order valence-corrected chi connectivity index (χ3v) is 2.55. The Bertz CT molecular complexity index is 561. The Kier molecular flexibility index (Phi) is 2.73. The van der Waals surface area contributed by atoms with Crippen LogP contribution >= 0.6 is 0 Å². The molecular weight excluding hydrogens is 247 g/mol. The van der Waals surface area contributed by atoms with Crippen molar-refractivity contribution in [3.63, 3.8) is 0 Å². The molecule has 0 atom stereocenters. The topological polar surface area (TPSA) is 37.4 Å². The van der Waals surface area contributed by atoms with Crippen molar-refractivity contribution in [2.45, 2.75) is 13.1 Å². The van der Waals surface area contributed by atoms with Crippen molar-refractivity contribution in [1.29, 1.82) is 0 Å². The molecule has 2 amide bonds. The summed E-state index contributed by atoms with van der Waals surface area (Å²) >= 11 is 0. The van der Waals surface area contributed by atoms with Gasteiger partial charge in [-0.05, 0) is 19.1 Å². The van der Waals surface area contributed by atoms with E-state index in [1.54, 1.807) is 0 Å². The fourth-order valence-corrected chi connectivity index (χ4v) is 1.72. The van der Waals surface area contributed by atoms with Gasteiger partial charge in [0.15, 0.2) is 0 Å². The van der Waals surface area contributed by atoms with Crippen molar-refractivity contribution in [3.05, 3.63) is 41.5 Å². The van der Waals surface area contributed by atoms with Crippen LogP contribution in [0.5, 0.6) is 0 Å². The number of anilines is 1. The quantitative estimate of drug-likeness (QED) is 0.723. The first-order chi connectivity index (χ1) is 8.32. The van der Waals surface area contributed by atoms with E-state index in [2.05, 4.69) is 0 Å². The normalized spacial score (nSPS) is 16.2. The molecule has 0 spiro atoms. The number of hydrogen-bond donors (Lipinski definition) is 0. The summed E-state index contributed by atoms with van der Waals surface area (Å²) in [6.45, 7) is 1.39. The molecule has 0 saturated heterocycles. The molecule has 0 bridgehead atoms. The summed E-state index contributed by atoms with van der Waals surface area (Å²) in [7, 11) is 0. The van der Waals surface area contributed by atoms with Gasteiger partial charge in [0, 0.05) is 11.6 Å². The highest BCUT2D eigenvalue weighted by Crippen LogP contribution is 2.37. The van der Waals surface area contributed by atoms with Crippen LogP contribution in [-0.2, 0) is 15.8 Å². The first kappa shape index (κ1) is 12.3. The number of para-hydroxylation sites is 1. The largest absolute Gasteiger partial charge is 0.418 e. The molecule has 2 rings (SSSR count). The average Bonchev–Trinajstić information content (AvgIpc) is 2.52. The SMILES string of the molecule is CC1=CC(=O)N(c2ccccc2C(F)(F)F)C1=O. The molecular formula is C12H8F3NO2. The zero-order valence-corrected chi connectivity index (χ0v) is 9.28. The Morgan fingerprint density at radius 1 is 1.11 bits per heavy atom. The van der Waals surface area contributed by atoms with E-state index in [-0.39, 0.29) is 5.57 Å². The first-order valence-corrected chi connectivity index (χ1v) is 5.05. The number of rotatable bonds is 1. The Labute approximate surface area is 101 Å². The monoisotopic (exact) mass is 255 g/mol. The summed E-state index contributed by atoms with van der Waals surface area (Å²) in [6.07, 6.45) is -3.59. The molecule has 1 aliphatic rings. The molecule has 0 aliphatic carbocycles. The number of halogens is 3. The molecule has 0 fully saturated rings. The number of alkyl halides is 3. The Balaban J connectivity index is 2.54. The lowest BCUT2D eigenvalue weighted by Crippen LogP contribution is -2.32. The van der Waals surface area contributed by atoms with Crippen molar-refractivity contribution in [3.8, 4) is 0 Å². The van der Waals surface area contributed by atoms with Gasteiger partial charge >= 0.3 is 6.18 Å². The van der Waals surface area contributed by atoms with Crippen LogP contribution < -0.4 is 4.90 Å². The van der Waals surface area contributed by atoms with Gasteiger partial charge in [0.1, 0.15) is 0 Å². The van der Waals surface area contributed by atoms with E-state index in [0.29, 0.717) is 4.90 Å². The number of amides is 2. The molecule has 1 heterocycles. The van der Waals surface area contributed by atoms with Crippen molar-refractivity contribution < 1.29 is 22.8 Å². The minimum absolute atomic E-state index is 0.122. The summed E-state index contributed by atoms with van der Waals surface area (Å²) in [6, 6.07) is 4.49. The van der Waals surface area contributed by atoms with E-state index >= 15 is 0 Å². The summed E-state index contributed by atoms with van der Waals surface area (Å²) in [4.78, 5) is 23.7. The number of carbonyl (C=O) groups excluding carboxylic acids is 2. The summed E-state index contributed by atoms with van der Waals surface area (Å²) < 4.78 is 38.4. The van der Waals surface area contributed by atoms with Gasteiger partial charge in [-0.15, -0.1) is 0 Å². The molecule has 0 radical (unpaired) electrons. The lowest BCUT2D eigenvalue weighted by Gasteiger charge is -2.19.